The molecule has 0 aliphatic heterocycles. The van der Waals surface area contributed by atoms with Crippen molar-refractivity contribution in [2.45, 2.75) is 0 Å². The van der Waals surface area contributed by atoms with E-state index in [0.29, 0.717) is 0 Å². The molecule has 1 aromatic heterocycles. The summed E-state index contributed by atoms with van der Waals surface area (Å²) in [5.74, 6) is -1.11. The van der Waals surface area contributed by atoms with E-state index in [2.05, 4.69) is 20.9 Å². The molecule has 0 radical (unpaired) electrons. The van der Waals surface area contributed by atoms with Crippen LogP contribution >= 0.6 is 39.1 Å². The Morgan fingerprint density at radius 1 is 1.55 bits per heavy atom. The number of aromatic amines is 1. The van der Waals surface area contributed by atoms with Crippen LogP contribution in [-0.4, -0.2) is 16.1 Å². The van der Waals surface area contributed by atoms with Crippen LogP contribution in [0.25, 0.3) is 0 Å². The molecule has 0 unspecified atom stereocenters. The van der Waals surface area contributed by atoms with E-state index in [1.165, 1.54) is 0 Å². The average Bonchev–Trinajstić information content (AvgIpc) is 2.17. The van der Waals surface area contributed by atoms with Crippen LogP contribution in [0.2, 0.25) is 10.2 Å². The summed E-state index contributed by atoms with van der Waals surface area (Å²) < 4.78 is 0.275. The molecule has 2 N–H and O–H groups in total. The number of carboxylic acids is 1. The van der Waals surface area contributed by atoms with E-state index in [0.717, 1.165) is 0 Å². The fraction of sp³-hybridized carbons (Fsp3) is 0. The topological polar surface area (TPSA) is 53.1 Å². The lowest BCUT2D eigenvalue weighted by molar-refractivity contribution is 0.0690. The van der Waals surface area contributed by atoms with Gasteiger partial charge in [0, 0.05) is 0 Å². The number of halogens is 3. The Morgan fingerprint density at radius 3 is 2.27 bits per heavy atom. The Kier molecular flexibility index (Phi) is 2.47. The minimum atomic E-state index is -1.11. The third-order valence-electron chi connectivity index (χ3n) is 1.05. The van der Waals surface area contributed by atoms with Crippen molar-refractivity contribution in [3.8, 4) is 0 Å². The van der Waals surface area contributed by atoms with E-state index in [9.17, 15) is 4.79 Å². The van der Waals surface area contributed by atoms with Crippen molar-refractivity contribution in [3.63, 3.8) is 0 Å². The van der Waals surface area contributed by atoms with Crippen LogP contribution in [0.5, 0.6) is 0 Å². The Labute approximate surface area is 80.4 Å². The standard InChI is InChI=1S/C5H2BrCl2NO2/c6-1-2(7)4(8)9-3(1)5(10)11/h9H,(H,10,11). The number of aromatic nitrogens is 1. The molecule has 0 aliphatic carbocycles. The van der Waals surface area contributed by atoms with Gasteiger partial charge in [0.25, 0.3) is 0 Å². The molecule has 11 heavy (non-hydrogen) atoms. The van der Waals surface area contributed by atoms with E-state index in [1.807, 2.05) is 0 Å². The molecular formula is C5H2BrCl2NO2. The quantitative estimate of drug-likeness (QED) is 0.814. The number of carbonyl (C=O) groups is 1. The first-order chi connectivity index (χ1) is 5.04. The Hall–Kier alpha value is -0.190. The molecule has 0 saturated heterocycles. The maximum absolute atomic E-state index is 10.4. The van der Waals surface area contributed by atoms with Gasteiger partial charge in [-0.15, -0.1) is 0 Å². The lowest BCUT2D eigenvalue weighted by Gasteiger charge is -1.87. The molecule has 0 aromatic carbocycles. The second-order valence-electron chi connectivity index (χ2n) is 1.75. The molecule has 6 heteroatoms. The summed E-state index contributed by atoms with van der Waals surface area (Å²) in [5.41, 5.74) is -0.0417. The maximum atomic E-state index is 10.4. The largest absolute Gasteiger partial charge is 0.477 e. The molecule has 0 saturated carbocycles. The predicted octanol–water partition coefficient (Wildman–Crippen LogP) is 2.78. The molecule has 1 aromatic rings. The first-order valence-corrected chi connectivity index (χ1v) is 4.04. The highest BCUT2D eigenvalue weighted by Gasteiger charge is 2.16. The SMILES string of the molecule is O=C(O)c1[nH]c(Cl)c(Cl)c1Br. The van der Waals surface area contributed by atoms with Crippen molar-refractivity contribution < 1.29 is 9.90 Å². The number of hydrogen-bond donors (Lipinski definition) is 2. The molecular weight excluding hydrogens is 257 g/mol. The molecule has 0 spiro atoms. The average molecular weight is 259 g/mol. The van der Waals surface area contributed by atoms with Gasteiger partial charge in [0.15, 0.2) is 0 Å². The summed E-state index contributed by atoms with van der Waals surface area (Å²) in [4.78, 5) is 12.8. The van der Waals surface area contributed by atoms with Gasteiger partial charge in [-0.3, -0.25) is 0 Å². The lowest BCUT2D eigenvalue weighted by atomic mass is 10.4. The van der Waals surface area contributed by atoms with Gasteiger partial charge in [0.05, 0.1) is 9.50 Å². The van der Waals surface area contributed by atoms with Crippen LogP contribution in [0, 0.1) is 0 Å². The number of hydrogen-bond acceptors (Lipinski definition) is 1. The van der Waals surface area contributed by atoms with Gasteiger partial charge in [-0.2, -0.15) is 0 Å². The molecule has 1 rings (SSSR count). The van der Waals surface area contributed by atoms with Gasteiger partial charge >= 0.3 is 5.97 Å². The van der Waals surface area contributed by atoms with Crippen molar-refractivity contribution in [2.75, 3.05) is 0 Å². The minimum absolute atomic E-state index is 0.0417. The Bertz CT molecular complexity index is 310. The monoisotopic (exact) mass is 257 g/mol. The molecule has 0 bridgehead atoms. The number of aromatic carboxylic acids is 1. The summed E-state index contributed by atoms with van der Waals surface area (Å²) in [6, 6.07) is 0. The number of H-pyrrole nitrogens is 1. The van der Waals surface area contributed by atoms with Crippen molar-refractivity contribution >= 4 is 45.1 Å². The smallest absolute Gasteiger partial charge is 0.353 e. The van der Waals surface area contributed by atoms with E-state index in [-0.39, 0.29) is 20.3 Å². The van der Waals surface area contributed by atoms with Gasteiger partial charge in [0.2, 0.25) is 0 Å². The fourth-order valence-electron chi connectivity index (χ4n) is 0.573. The first kappa shape index (κ1) is 8.90. The van der Waals surface area contributed by atoms with E-state index in [1.54, 1.807) is 0 Å². The van der Waals surface area contributed by atoms with Gasteiger partial charge in [-0.1, -0.05) is 23.2 Å². The molecule has 60 valence electrons. The van der Waals surface area contributed by atoms with Crippen molar-refractivity contribution in [3.05, 3.63) is 20.3 Å². The van der Waals surface area contributed by atoms with Crippen LogP contribution in [0.3, 0.4) is 0 Å². The van der Waals surface area contributed by atoms with Crippen molar-refractivity contribution in [2.24, 2.45) is 0 Å². The van der Waals surface area contributed by atoms with Crippen LogP contribution in [0.15, 0.2) is 4.47 Å². The molecule has 0 amide bonds. The van der Waals surface area contributed by atoms with Crippen molar-refractivity contribution in [1.29, 1.82) is 0 Å². The number of carboxylic acid groups (broad SMARTS) is 1. The fourth-order valence-corrected chi connectivity index (χ4v) is 1.48. The summed E-state index contributed by atoms with van der Waals surface area (Å²) in [6.45, 7) is 0. The normalized spacial score (nSPS) is 10.1. The van der Waals surface area contributed by atoms with Gasteiger partial charge in [-0.05, 0) is 15.9 Å². The zero-order chi connectivity index (χ0) is 8.59. The van der Waals surface area contributed by atoms with Gasteiger partial charge in [-0.25, -0.2) is 4.79 Å². The minimum Gasteiger partial charge on any atom is -0.477 e. The molecule has 0 atom stereocenters. The molecule has 3 nitrogen and oxygen atoms in total. The highest BCUT2D eigenvalue weighted by atomic mass is 79.9. The first-order valence-electron chi connectivity index (χ1n) is 2.49. The predicted molar refractivity (Wildman–Crippen MR) is 45.5 cm³/mol. The zero-order valence-corrected chi connectivity index (χ0v) is 8.09. The summed E-state index contributed by atoms with van der Waals surface area (Å²) in [5, 5.41) is 8.83. The highest BCUT2D eigenvalue weighted by Crippen LogP contribution is 2.32. The van der Waals surface area contributed by atoms with Crippen LogP contribution in [0.4, 0.5) is 0 Å². The van der Waals surface area contributed by atoms with E-state index < -0.39 is 5.97 Å². The highest BCUT2D eigenvalue weighted by molar-refractivity contribution is 9.10. The zero-order valence-electron chi connectivity index (χ0n) is 4.99. The number of rotatable bonds is 1. The van der Waals surface area contributed by atoms with E-state index >= 15 is 0 Å². The van der Waals surface area contributed by atoms with E-state index in [4.69, 9.17) is 28.3 Å². The van der Waals surface area contributed by atoms with Gasteiger partial charge in [0.1, 0.15) is 10.8 Å². The van der Waals surface area contributed by atoms with Gasteiger partial charge < -0.3 is 10.1 Å². The van der Waals surface area contributed by atoms with Crippen molar-refractivity contribution in [1.82, 2.24) is 4.98 Å². The molecule has 1 heterocycles. The second kappa shape index (κ2) is 3.05. The second-order valence-corrected chi connectivity index (χ2v) is 3.30. The Morgan fingerprint density at radius 2 is 2.09 bits per heavy atom. The summed E-state index contributed by atoms with van der Waals surface area (Å²) in [7, 11) is 0. The summed E-state index contributed by atoms with van der Waals surface area (Å²) >= 11 is 14.0. The Balaban J connectivity index is 3.29. The molecule has 0 aliphatic rings. The van der Waals surface area contributed by atoms with Crippen LogP contribution in [-0.2, 0) is 0 Å². The lowest BCUT2D eigenvalue weighted by Crippen LogP contribution is -1.96. The van der Waals surface area contributed by atoms with Crippen LogP contribution < -0.4 is 0 Å². The van der Waals surface area contributed by atoms with Crippen LogP contribution in [0.1, 0.15) is 10.5 Å². The third-order valence-corrected chi connectivity index (χ3v) is 2.83. The molecule has 0 fully saturated rings. The number of nitrogens with one attached hydrogen (secondary N) is 1. The summed E-state index contributed by atoms with van der Waals surface area (Å²) in [6.07, 6.45) is 0. The third kappa shape index (κ3) is 1.52. The maximum Gasteiger partial charge on any atom is 0.353 e.